The smallest absolute Gasteiger partial charge is 0.186 e. The van der Waals surface area contributed by atoms with E-state index in [1.807, 2.05) is 11.1 Å². The number of benzene rings is 1. The molecule has 4 rings (SSSR count). The maximum Gasteiger partial charge on any atom is 0.186 e. The Morgan fingerprint density at radius 1 is 1.30 bits per heavy atom. The Labute approximate surface area is 164 Å². The van der Waals surface area contributed by atoms with Crippen molar-refractivity contribution in [1.82, 2.24) is 4.98 Å². The quantitative estimate of drug-likeness (QED) is 0.830. The topological polar surface area (TPSA) is 60.1 Å². The Morgan fingerprint density at radius 3 is 2.70 bits per heavy atom. The van der Waals surface area contributed by atoms with E-state index in [9.17, 15) is 10.4 Å². The first-order chi connectivity index (χ1) is 13.3. The van der Waals surface area contributed by atoms with E-state index >= 15 is 0 Å². The summed E-state index contributed by atoms with van der Waals surface area (Å²) in [6.07, 6.45) is 10.0. The van der Waals surface area contributed by atoms with E-state index in [2.05, 4.69) is 48.3 Å². The first-order valence-corrected chi connectivity index (χ1v) is 10.6. The molecule has 0 bridgehead atoms. The number of nitrogens with zero attached hydrogens (tertiary/aromatic N) is 3. The van der Waals surface area contributed by atoms with Gasteiger partial charge in [0.05, 0.1) is 18.7 Å². The molecule has 1 fully saturated rings. The molecule has 2 aromatic rings. The molecule has 0 spiro atoms. The summed E-state index contributed by atoms with van der Waals surface area (Å²) >= 11 is 1.62. The zero-order valence-corrected chi connectivity index (χ0v) is 16.5. The minimum Gasteiger partial charge on any atom is -0.394 e. The monoisotopic (exact) mass is 379 g/mol. The van der Waals surface area contributed by atoms with Crippen LogP contribution in [-0.4, -0.2) is 28.8 Å². The number of aliphatic hydroxyl groups is 1. The van der Waals surface area contributed by atoms with Crippen LogP contribution < -0.4 is 4.90 Å². The summed E-state index contributed by atoms with van der Waals surface area (Å²) in [4.78, 5) is 7.68. The maximum atomic E-state index is 10.0. The lowest BCUT2D eigenvalue weighted by Crippen LogP contribution is -2.63. The lowest BCUT2D eigenvalue weighted by Gasteiger charge is -2.51. The molecule has 1 N–H and O–H groups in total. The van der Waals surface area contributed by atoms with Crippen molar-refractivity contribution < 1.29 is 5.11 Å². The summed E-state index contributed by atoms with van der Waals surface area (Å²) in [6.45, 7) is 2.13. The fourth-order valence-corrected chi connectivity index (χ4v) is 5.21. The standard InChI is InChI=1S/C22H25N3OS/c1-2-18-13-24-22(27-18)25-19(12-23)21(20(25)14-26)17-10-8-16(9-11-17)15-6-4-3-5-7-15/h6,8-11,13,19-21,26H,2-5,7,14H2,1H3/t19-,20+,21-/m0/s1. The maximum absolute atomic E-state index is 10.0. The Balaban J connectivity index is 1.57. The first-order valence-electron chi connectivity index (χ1n) is 9.79. The van der Waals surface area contributed by atoms with Gasteiger partial charge in [-0.05, 0) is 48.8 Å². The summed E-state index contributed by atoms with van der Waals surface area (Å²) in [5, 5.41) is 20.6. The highest BCUT2D eigenvalue weighted by atomic mass is 32.1. The minimum atomic E-state index is -0.280. The molecule has 1 aliphatic heterocycles. The average Bonchev–Trinajstić information content (AvgIpc) is 3.17. The minimum absolute atomic E-state index is 0.0170. The lowest BCUT2D eigenvalue weighted by atomic mass is 9.76. The molecule has 0 unspecified atom stereocenters. The number of aryl methyl sites for hydroxylation is 1. The fraction of sp³-hybridized carbons (Fsp3) is 0.455. The third-order valence-corrected chi connectivity index (χ3v) is 6.95. The summed E-state index contributed by atoms with van der Waals surface area (Å²) in [7, 11) is 0. The fourth-order valence-electron chi connectivity index (χ4n) is 4.27. The third-order valence-electron chi connectivity index (χ3n) is 5.80. The number of thiazole rings is 1. The number of nitriles is 1. The lowest BCUT2D eigenvalue weighted by molar-refractivity contribution is 0.187. The zero-order chi connectivity index (χ0) is 18.8. The van der Waals surface area contributed by atoms with Gasteiger partial charge in [-0.15, -0.1) is 11.3 Å². The van der Waals surface area contributed by atoms with Crippen LogP contribution in [0.4, 0.5) is 5.13 Å². The van der Waals surface area contributed by atoms with Gasteiger partial charge in [0.15, 0.2) is 5.13 Å². The molecule has 1 aromatic heterocycles. The molecule has 3 atom stereocenters. The molecular formula is C22H25N3OS. The number of aliphatic hydroxyl groups excluding tert-OH is 1. The second kappa shape index (κ2) is 7.84. The van der Waals surface area contributed by atoms with Crippen LogP contribution in [0.15, 0.2) is 36.5 Å². The number of rotatable bonds is 5. The largest absolute Gasteiger partial charge is 0.394 e. The number of allylic oxidation sites excluding steroid dienone is 2. The third kappa shape index (κ3) is 3.28. The van der Waals surface area contributed by atoms with Gasteiger partial charge in [0, 0.05) is 17.0 Å². The van der Waals surface area contributed by atoms with Crippen molar-refractivity contribution in [3.05, 3.63) is 52.5 Å². The van der Waals surface area contributed by atoms with Crippen molar-refractivity contribution in [3.8, 4) is 6.07 Å². The Bertz CT molecular complexity index is 864. The summed E-state index contributed by atoms with van der Waals surface area (Å²) in [5.74, 6) is 0.0170. The van der Waals surface area contributed by atoms with Crippen LogP contribution in [-0.2, 0) is 6.42 Å². The molecule has 0 saturated carbocycles. The van der Waals surface area contributed by atoms with Crippen molar-refractivity contribution in [1.29, 1.82) is 5.26 Å². The van der Waals surface area contributed by atoms with E-state index in [1.165, 1.54) is 35.3 Å². The molecule has 140 valence electrons. The average molecular weight is 380 g/mol. The summed E-state index contributed by atoms with van der Waals surface area (Å²) in [6, 6.07) is 10.7. The van der Waals surface area contributed by atoms with Crippen molar-refractivity contribution >= 4 is 22.0 Å². The SMILES string of the molecule is CCc1cnc(N2[C@H](CO)[C@@H](c3ccc(C4=CCCCC4)cc3)[C@@H]2C#N)s1. The second-order valence-electron chi connectivity index (χ2n) is 7.32. The highest BCUT2D eigenvalue weighted by molar-refractivity contribution is 7.15. The van der Waals surface area contributed by atoms with E-state index < -0.39 is 0 Å². The van der Waals surface area contributed by atoms with Gasteiger partial charge in [0.2, 0.25) is 0 Å². The highest BCUT2D eigenvalue weighted by Gasteiger charge is 2.50. The number of hydrogen-bond acceptors (Lipinski definition) is 5. The second-order valence-corrected chi connectivity index (χ2v) is 8.41. The summed E-state index contributed by atoms with van der Waals surface area (Å²) < 4.78 is 0. The van der Waals surface area contributed by atoms with Crippen LogP contribution in [0.1, 0.15) is 54.5 Å². The Kier molecular flexibility index (Phi) is 5.29. The molecule has 0 amide bonds. The van der Waals surface area contributed by atoms with E-state index in [0.717, 1.165) is 23.5 Å². The van der Waals surface area contributed by atoms with Crippen molar-refractivity contribution in [2.45, 2.75) is 57.0 Å². The normalized spacial score (nSPS) is 24.9. The van der Waals surface area contributed by atoms with Crippen LogP contribution in [0, 0.1) is 11.3 Å². The van der Waals surface area contributed by atoms with Gasteiger partial charge in [-0.1, -0.05) is 37.3 Å². The molecule has 1 aliphatic carbocycles. The van der Waals surface area contributed by atoms with E-state index in [4.69, 9.17) is 0 Å². The predicted molar refractivity (Wildman–Crippen MR) is 110 cm³/mol. The molecule has 0 radical (unpaired) electrons. The van der Waals surface area contributed by atoms with E-state index in [0.29, 0.717) is 0 Å². The Hall–Kier alpha value is -2.16. The molecule has 4 nitrogen and oxygen atoms in total. The number of hydrogen-bond donors (Lipinski definition) is 1. The molecule has 1 aromatic carbocycles. The highest BCUT2D eigenvalue weighted by Crippen LogP contribution is 2.45. The van der Waals surface area contributed by atoms with Gasteiger partial charge < -0.3 is 10.0 Å². The van der Waals surface area contributed by atoms with Crippen LogP contribution in [0.5, 0.6) is 0 Å². The Morgan fingerprint density at radius 2 is 2.11 bits per heavy atom. The molecule has 1 saturated heterocycles. The van der Waals surface area contributed by atoms with Crippen LogP contribution >= 0.6 is 11.3 Å². The van der Waals surface area contributed by atoms with Crippen molar-refractivity contribution in [2.24, 2.45) is 0 Å². The van der Waals surface area contributed by atoms with Gasteiger partial charge in [0.1, 0.15) is 6.04 Å². The van der Waals surface area contributed by atoms with Crippen molar-refractivity contribution in [2.75, 3.05) is 11.5 Å². The van der Waals surface area contributed by atoms with Crippen molar-refractivity contribution in [3.63, 3.8) is 0 Å². The molecule has 2 aliphatic rings. The van der Waals surface area contributed by atoms with Gasteiger partial charge in [0.25, 0.3) is 0 Å². The van der Waals surface area contributed by atoms with Crippen LogP contribution in [0.2, 0.25) is 0 Å². The molecule has 2 heterocycles. The molecular weight excluding hydrogens is 354 g/mol. The zero-order valence-electron chi connectivity index (χ0n) is 15.6. The van der Waals surface area contributed by atoms with Gasteiger partial charge in [-0.3, -0.25) is 0 Å². The number of anilines is 1. The van der Waals surface area contributed by atoms with Gasteiger partial charge in [-0.2, -0.15) is 5.26 Å². The number of aromatic nitrogens is 1. The predicted octanol–water partition coefficient (Wildman–Crippen LogP) is 4.52. The molecule has 27 heavy (non-hydrogen) atoms. The van der Waals surface area contributed by atoms with E-state index in [-0.39, 0.29) is 24.6 Å². The summed E-state index contributed by atoms with van der Waals surface area (Å²) in [5.41, 5.74) is 3.86. The molecule has 5 heteroatoms. The van der Waals surface area contributed by atoms with Crippen LogP contribution in [0.3, 0.4) is 0 Å². The van der Waals surface area contributed by atoms with E-state index in [1.54, 1.807) is 11.3 Å². The van der Waals surface area contributed by atoms with Gasteiger partial charge in [-0.25, -0.2) is 4.98 Å². The first kappa shape index (κ1) is 18.2. The van der Waals surface area contributed by atoms with Crippen LogP contribution in [0.25, 0.3) is 5.57 Å². The van der Waals surface area contributed by atoms with Gasteiger partial charge >= 0.3 is 0 Å².